The molecule has 0 saturated carbocycles. The van der Waals surface area contributed by atoms with Crippen molar-refractivity contribution < 1.29 is 19.1 Å². The van der Waals surface area contributed by atoms with E-state index in [1.165, 1.54) is 6.08 Å². The fourth-order valence-electron chi connectivity index (χ4n) is 1.89. The molecule has 0 aromatic heterocycles. The SMILES string of the molecule is C=C(C)C(=O)C1CNCCO1.C=CC(=O)C1CNCCO1. The summed E-state index contributed by atoms with van der Waals surface area (Å²) in [5.41, 5.74) is 0.568. The maximum absolute atomic E-state index is 11.2. The predicted octanol–water partition coefficient (Wildman–Crippen LogP) is -0.150. The second-order valence-corrected chi connectivity index (χ2v) is 4.88. The summed E-state index contributed by atoms with van der Waals surface area (Å²) in [6.07, 6.45) is 0.699. The van der Waals surface area contributed by atoms with E-state index >= 15 is 0 Å². The van der Waals surface area contributed by atoms with Crippen molar-refractivity contribution in [3.63, 3.8) is 0 Å². The molecule has 0 aliphatic carbocycles. The minimum Gasteiger partial charge on any atom is -0.367 e. The number of ketones is 2. The molecule has 2 atom stereocenters. The van der Waals surface area contributed by atoms with Crippen molar-refractivity contribution >= 4 is 11.6 Å². The highest BCUT2D eigenvalue weighted by Crippen LogP contribution is 2.03. The maximum atomic E-state index is 11.2. The molecule has 2 rings (SSSR count). The van der Waals surface area contributed by atoms with Crippen molar-refractivity contribution in [2.75, 3.05) is 39.4 Å². The molecule has 6 nitrogen and oxygen atoms in total. The Morgan fingerprint density at radius 1 is 1.10 bits per heavy atom. The molecule has 6 heteroatoms. The van der Waals surface area contributed by atoms with Crippen molar-refractivity contribution in [3.8, 4) is 0 Å². The summed E-state index contributed by atoms with van der Waals surface area (Å²) in [5.74, 6) is -0.0237. The zero-order valence-electron chi connectivity index (χ0n) is 12.5. The Bertz CT molecular complexity index is 383. The fraction of sp³-hybridized carbons (Fsp3) is 0.600. The lowest BCUT2D eigenvalue weighted by Gasteiger charge is -2.22. The van der Waals surface area contributed by atoms with E-state index in [1.807, 2.05) is 0 Å². The summed E-state index contributed by atoms with van der Waals surface area (Å²) in [7, 11) is 0. The Morgan fingerprint density at radius 3 is 2.00 bits per heavy atom. The van der Waals surface area contributed by atoms with Crippen molar-refractivity contribution in [1.29, 1.82) is 0 Å². The fourth-order valence-corrected chi connectivity index (χ4v) is 1.89. The molecule has 118 valence electrons. The number of morpholine rings is 2. The van der Waals surface area contributed by atoms with Crippen LogP contribution in [0.5, 0.6) is 0 Å². The molecule has 2 aliphatic heterocycles. The van der Waals surface area contributed by atoms with E-state index < -0.39 is 0 Å². The first kappa shape index (κ1) is 17.7. The third-order valence-electron chi connectivity index (χ3n) is 3.09. The average Bonchev–Trinajstić information content (AvgIpc) is 2.55. The van der Waals surface area contributed by atoms with Gasteiger partial charge in [0, 0.05) is 26.2 Å². The summed E-state index contributed by atoms with van der Waals surface area (Å²) in [5, 5.41) is 6.14. The van der Waals surface area contributed by atoms with Gasteiger partial charge in [0.15, 0.2) is 11.6 Å². The van der Waals surface area contributed by atoms with E-state index in [9.17, 15) is 9.59 Å². The average molecular weight is 296 g/mol. The second-order valence-electron chi connectivity index (χ2n) is 4.88. The van der Waals surface area contributed by atoms with Gasteiger partial charge in [-0.05, 0) is 18.6 Å². The van der Waals surface area contributed by atoms with Crippen molar-refractivity contribution in [2.24, 2.45) is 0 Å². The Kier molecular flexibility index (Phi) is 8.07. The van der Waals surface area contributed by atoms with Gasteiger partial charge in [0.25, 0.3) is 0 Å². The quantitative estimate of drug-likeness (QED) is 0.703. The summed E-state index contributed by atoms with van der Waals surface area (Å²) < 4.78 is 10.4. The van der Waals surface area contributed by atoms with Crippen LogP contribution in [0.4, 0.5) is 0 Å². The van der Waals surface area contributed by atoms with Gasteiger partial charge in [0.1, 0.15) is 12.2 Å². The second kappa shape index (κ2) is 9.57. The van der Waals surface area contributed by atoms with Crippen LogP contribution in [0.25, 0.3) is 0 Å². The van der Waals surface area contributed by atoms with Crippen LogP contribution in [0, 0.1) is 0 Å². The maximum Gasteiger partial charge on any atom is 0.187 e. The number of hydrogen-bond acceptors (Lipinski definition) is 6. The highest BCUT2D eigenvalue weighted by Gasteiger charge is 2.21. The number of rotatable bonds is 4. The predicted molar refractivity (Wildman–Crippen MR) is 80.2 cm³/mol. The molecule has 0 aromatic rings. The molecule has 0 bridgehead atoms. The number of ether oxygens (including phenoxy) is 2. The standard InChI is InChI=1S/C8H13NO2.C7H11NO2/c1-6(2)8(10)7-5-9-3-4-11-7;1-2-6(9)7-5-8-3-4-10-7/h7,9H,1,3-5H2,2H3;2,7-8H,1,3-5H2. The normalized spacial score (nSPS) is 25.2. The van der Waals surface area contributed by atoms with Gasteiger partial charge in [-0.25, -0.2) is 0 Å². The van der Waals surface area contributed by atoms with E-state index in [2.05, 4.69) is 23.8 Å². The Labute approximate surface area is 125 Å². The molecule has 21 heavy (non-hydrogen) atoms. The molecule has 2 aliphatic rings. The van der Waals surface area contributed by atoms with Crippen LogP contribution < -0.4 is 10.6 Å². The van der Waals surface area contributed by atoms with Gasteiger partial charge in [-0.3, -0.25) is 9.59 Å². The number of carbonyl (C=O) groups excluding carboxylic acids is 2. The monoisotopic (exact) mass is 296 g/mol. The van der Waals surface area contributed by atoms with Gasteiger partial charge in [-0.2, -0.15) is 0 Å². The summed E-state index contributed by atoms with van der Waals surface area (Å²) in [6.45, 7) is 12.8. The lowest BCUT2D eigenvalue weighted by molar-refractivity contribution is -0.128. The molecule has 2 heterocycles. The van der Waals surface area contributed by atoms with Crippen LogP contribution in [-0.2, 0) is 19.1 Å². The number of Topliss-reactive ketones (excluding diaryl/α,β-unsaturated/α-hetero) is 1. The van der Waals surface area contributed by atoms with Crippen LogP contribution >= 0.6 is 0 Å². The molecule has 0 radical (unpaired) electrons. The summed E-state index contributed by atoms with van der Waals surface area (Å²) >= 11 is 0. The summed E-state index contributed by atoms with van der Waals surface area (Å²) in [6, 6.07) is 0. The van der Waals surface area contributed by atoms with E-state index in [4.69, 9.17) is 9.47 Å². The first-order valence-electron chi connectivity index (χ1n) is 7.07. The van der Waals surface area contributed by atoms with Crippen molar-refractivity contribution in [1.82, 2.24) is 10.6 Å². The Hall–Kier alpha value is -1.34. The van der Waals surface area contributed by atoms with Crippen molar-refractivity contribution in [3.05, 3.63) is 24.8 Å². The van der Waals surface area contributed by atoms with Crippen LogP contribution in [0.2, 0.25) is 0 Å². The molecular weight excluding hydrogens is 272 g/mol. The first-order chi connectivity index (χ1) is 10.1. The van der Waals surface area contributed by atoms with Gasteiger partial charge in [0.05, 0.1) is 13.2 Å². The minimum absolute atomic E-state index is 0.0113. The Balaban J connectivity index is 0.000000211. The smallest absolute Gasteiger partial charge is 0.187 e. The van der Waals surface area contributed by atoms with Gasteiger partial charge >= 0.3 is 0 Å². The van der Waals surface area contributed by atoms with E-state index in [0.29, 0.717) is 31.9 Å². The highest BCUT2D eigenvalue weighted by molar-refractivity contribution is 5.97. The van der Waals surface area contributed by atoms with E-state index in [1.54, 1.807) is 6.92 Å². The van der Waals surface area contributed by atoms with Gasteiger partial charge in [-0.15, -0.1) is 0 Å². The van der Waals surface area contributed by atoms with E-state index in [0.717, 1.165) is 13.1 Å². The topological polar surface area (TPSA) is 76.7 Å². The number of nitrogens with one attached hydrogen (secondary N) is 2. The van der Waals surface area contributed by atoms with Gasteiger partial charge in [0.2, 0.25) is 0 Å². The summed E-state index contributed by atoms with van der Waals surface area (Å²) in [4.78, 5) is 22.1. The van der Waals surface area contributed by atoms with Crippen LogP contribution in [-0.4, -0.2) is 63.2 Å². The third kappa shape index (κ3) is 6.31. The number of hydrogen-bond donors (Lipinski definition) is 2. The molecule has 0 spiro atoms. The first-order valence-corrected chi connectivity index (χ1v) is 7.07. The molecule has 2 saturated heterocycles. The largest absolute Gasteiger partial charge is 0.367 e. The molecule has 2 N–H and O–H groups in total. The lowest BCUT2D eigenvalue weighted by Crippen LogP contribution is -2.43. The molecule has 2 fully saturated rings. The molecule has 0 aromatic carbocycles. The van der Waals surface area contributed by atoms with Gasteiger partial charge < -0.3 is 20.1 Å². The molecule has 0 amide bonds. The van der Waals surface area contributed by atoms with Crippen LogP contribution in [0.3, 0.4) is 0 Å². The van der Waals surface area contributed by atoms with Crippen molar-refractivity contribution in [2.45, 2.75) is 19.1 Å². The molecular formula is C15H24N2O4. The third-order valence-corrected chi connectivity index (χ3v) is 3.09. The Morgan fingerprint density at radius 2 is 1.62 bits per heavy atom. The minimum atomic E-state index is -0.304. The highest BCUT2D eigenvalue weighted by atomic mass is 16.5. The van der Waals surface area contributed by atoms with Gasteiger partial charge in [-0.1, -0.05) is 13.2 Å². The number of carbonyl (C=O) groups is 2. The molecule has 2 unspecified atom stereocenters. The lowest BCUT2D eigenvalue weighted by atomic mass is 10.1. The van der Waals surface area contributed by atoms with Crippen LogP contribution in [0.1, 0.15) is 6.92 Å². The zero-order chi connectivity index (χ0) is 15.7. The van der Waals surface area contributed by atoms with E-state index in [-0.39, 0.29) is 23.8 Å². The zero-order valence-corrected chi connectivity index (χ0v) is 12.5. The van der Waals surface area contributed by atoms with Crippen LogP contribution in [0.15, 0.2) is 24.8 Å².